The maximum atomic E-state index is 2.39. The summed E-state index contributed by atoms with van der Waals surface area (Å²) in [6.45, 7) is 0. The zero-order valence-electron chi connectivity index (χ0n) is 15.7. The lowest BCUT2D eigenvalue weighted by molar-refractivity contribution is 1.02. The van der Waals surface area contributed by atoms with Crippen molar-refractivity contribution < 1.29 is 0 Å². The summed E-state index contributed by atoms with van der Waals surface area (Å²) in [5.41, 5.74) is 2.59. The third kappa shape index (κ3) is 3.25. The maximum absolute atomic E-state index is 2.39. The molecule has 2 heterocycles. The summed E-state index contributed by atoms with van der Waals surface area (Å²) in [4.78, 5) is 5.18. The minimum absolute atomic E-state index is 0.523. The first kappa shape index (κ1) is 17.6. The minimum Gasteiger partial charge on any atom is -0.336 e. The van der Waals surface area contributed by atoms with Crippen molar-refractivity contribution in [3.05, 3.63) is 101 Å². The lowest BCUT2D eigenvalue weighted by atomic mass is 10.1. The highest BCUT2D eigenvalue weighted by atomic mass is 32.2. The summed E-state index contributed by atoms with van der Waals surface area (Å²) >= 11 is 3.90. The highest BCUT2D eigenvalue weighted by molar-refractivity contribution is 8.08. The van der Waals surface area contributed by atoms with Crippen LogP contribution < -0.4 is 4.90 Å². The minimum atomic E-state index is 0.523. The molecule has 0 N–H and O–H groups in total. The Morgan fingerprint density at radius 3 is 2.50 bits per heavy atom. The highest BCUT2D eigenvalue weighted by Gasteiger charge is 2.23. The average molecular weight is 400 g/mol. The van der Waals surface area contributed by atoms with Crippen molar-refractivity contribution in [2.24, 2.45) is 0 Å². The molecule has 5 rings (SSSR count). The molecule has 1 aliphatic heterocycles. The van der Waals surface area contributed by atoms with Gasteiger partial charge in [0.25, 0.3) is 0 Å². The molecule has 3 aromatic carbocycles. The van der Waals surface area contributed by atoms with E-state index < -0.39 is 0 Å². The predicted octanol–water partition coefficient (Wildman–Crippen LogP) is 7.89. The van der Waals surface area contributed by atoms with E-state index >= 15 is 0 Å². The molecule has 4 aromatic rings. The van der Waals surface area contributed by atoms with Gasteiger partial charge in [-0.25, -0.2) is 0 Å². The normalized spacial score (nSPS) is 16.3. The number of fused-ring (bicyclic) bond motifs is 1. The van der Waals surface area contributed by atoms with E-state index in [1.807, 2.05) is 23.1 Å². The van der Waals surface area contributed by atoms with Crippen molar-refractivity contribution in [1.29, 1.82) is 0 Å². The van der Waals surface area contributed by atoms with Crippen molar-refractivity contribution >= 4 is 49.5 Å². The van der Waals surface area contributed by atoms with E-state index in [0.29, 0.717) is 5.25 Å². The van der Waals surface area contributed by atoms with E-state index in [1.54, 1.807) is 0 Å². The predicted molar refractivity (Wildman–Crippen MR) is 126 cm³/mol. The monoisotopic (exact) mass is 399 g/mol. The SMILES string of the molecule is CN(c1ccc(C2CC=C(c3ccccc3)S2)s1)c1cccc2ccccc12. The van der Waals surface area contributed by atoms with Gasteiger partial charge in [-0.1, -0.05) is 72.8 Å². The van der Waals surface area contributed by atoms with Crippen molar-refractivity contribution in [1.82, 2.24) is 0 Å². The number of anilines is 2. The lowest BCUT2D eigenvalue weighted by Gasteiger charge is -2.19. The Balaban J connectivity index is 1.38. The number of hydrogen-bond acceptors (Lipinski definition) is 3. The van der Waals surface area contributed by atoms with E-state index in [4.69, 9.17) is 0 Å². The number of rotatable bonds is 4. The number of thioether (sulfide) groups is 1. The van der Waals surface area contributed by atoms with Gasteiger partial charge in [0.15, 0.2) is 0 Å². The molecule has 28 heavy (non-hydrogen) atoms. The van der Waals surface area contributed by atoms with Crippen LogP contribution in [0.25, 0.3) is 15.7 Å². The second-order valence-corrected chi connectivity index (χ2v) is 9.35. The van der Waals surface area contributed by atoms with E-state index in [2.05, 4.69) is 103 Å². The summed E-state index contributed by atoms with van der Waals surface area (Å²) in [5, 5.41) is 4.40. The van der Waals surface area contributed by atoms with Crippen LogP contribution in [0.1, 0.15) is 22.1 Å². The van der Waals surface area contributed by atoms with Crippen LogP contribution in [0.3, 0.4) is 0 Å². The molecule has 1 unspecified atom stereocenters. The van der Waals surface area contributed by atoms with E-state index in [1.165, 1.54) is 36.8 Å². The van der Waals surface area contributed by atoms with Gasteiger partial charge in [0.1, 0.15) is 0 Å². The Morgan fingerprint density at radius 2 is 1.61 bits per heavy atom. The molecule has 1 aliphatic rings. The molecule has 1 nitrogen and oxygen atoms in total. The summed E-state index contributed by atoms with van der Waals surface area (Å²) in [7, 11) is 2.17. The second kappa shape index (κ2) is 7.50. The molecule has 0 amide bonds. The maximum Gasteiger partial charge on any atom is 0.0953 e. The fraction of sp³-hybridized carbons (Fsp3) is 0.120. The summed E-state index contributed by atoms with van der Waals surface area (Å²) in [5.74, 6) is 0. The Bertz CT molecular complexity index is 1140. The van der Waals surface area contributed by atoms with Crippen LogP contribution in [0.5, 0.6) is 0 Å². The van der Waals surface area contributed by atoms with Crippen molar-refractivity contribution in [3.63, 3.8) is 0 Å². The van der Waals surface area contributed by atoms with Crippen LogP contribution in [0.15, 0.2) is 91.0 Å². The number of nitrogens with zero attached hydrogens (tertiary/aromatic N) is 1. The van der Waals surface area contributed by atoms with Crippen LogP contribution in [0.4, 0.5) is 10.7 Å². The van der Waals surface area contributed by atoms with Gasteiger partial charge in [0.2, 0.25) is 0 Å². The van der Waals surface area contributed by atoms with Gasteiger partial charge < -0.3 is 4.90 Å². The summed E-state index contributed by atoms with van der Waals surface area (Å²) < 4.78 is 0. The third-order valence-corrected chi connectivity index (χ3v) is 8.05. The Kier molecular flexibility index (Phi) is 4.71. The van der Waals surface area contributed by atoms with Gasteiger partial charge >= 0.3 is 0 Å². The van der Waals surface area contributed by atoms with Crippen LogP contribution in [0, 0.1) is 0 Å². The molecule has 1 atom stereocenters. The fourth-order valence-corrected chi connectivity index (χ4v) is 6.16. The van der Waals surface area contributed by atoms with Gasteiger partial charge in [-0.05, 0) is 35.6 Å². The first-order chi connectivity index (χ1) is 13.8. The smallest absolute Gasteiger partial charge is 0.0953 e. The van der Waals surface area contributed by atoms with Gasteiger partial charge in [0, 0.05) is 33.2 Å². The van der Waals surface area contributed by atoms with Gasteiger partial charge in [0.05, 0.1) is 5.00 Å². The second-order valence-electron chi connectivity index (χ2n) is 7.01. The van der Waals surface area contributed by atoms with Crippen LogP contribution in [-0.4, -0.2) is 7.05 Å². The average Bonchev–Trinajstić information content (AvgIpc) is 3.43. The molecular weight excluding hydrogens is 378 g/mol. The zero-order valence-corrected chi connectivity index (χ0v) is 17.3. The molecule has 3 heteroatoms. The van der Waals surface area contributed by atoms with Gasteiger partial charge in [-0.15, -0.1) is 23.1 Å². The zero-order chi connectivity index (χ0) is 18.9. The molecule has 0 aliphatic carbocycles. The topological polar surface area (TPSA) is 3.24 Å². The van der Waals surface area contributed by atoms with Crippen molar-refractivity contribution in [2.75, 3.05) is 11.9 Å². The Labute approximate surface area is 174 Å². The molecule has 0 bridgehead atoms. The molecular formula is C25H21NS2. The Morgan fingerprint density at radius 1 is 0.821 bits per heavy atom. The molecule has 0 saturated heterocycles. The van der Waals surface area contributed by atoms with Gasteiger partial charge in [-0.2, -0.15) is 0 Å². The Hall–Kier alpha value is -2.49. The number of thiophene rings is 1. The number of benzene rings is 3. The molecule has 0 fully saturated rings. The molecule has 138 valence electrons. The third-order valence-electron chi connectivity index (χ3n) is 5.23. The fourth-order valence-electron chi connectivity index (χ4n) is 3.74. The lowest BCUT2D eigenvalue weighted by Crippen LogP contribution is -2.07. The highest BCUT2D eigenvalue weighted by Crippen LogP contribution is 2.50. The quantitative estimate of drug-likeness (QED) is 0.343. The van der Waals surface area contributed by atoms with E-state index in [9.17, 15) is 0 Å². The molecule has 0 spiro atoms. The molecule has 1 aromatic heterocycles. The first-order valence-electron chi connectivity index (χ1n) is 9.53. The van der Waals surface area contributed by atoms with Crippen LogP contribution in [0.2, 0.25) is 0 Å². The van der Waals surface area contributed by atoms with Crippen LogP contribution in [-0.2, 0) is 0 Å². The largest absolute Gasteiger partial charge is 0.336 e. The standard InChI is InChI=1S/C25H21NS2/c1-26(21-13-7-11-18-8-5-6-12-20(18)21)25-17-16-24(28-25)23-15-14-22(27-23)19-9-3-2-4-10-19/h2-14,16-17,23H,15H2,1H3. The molecule has 0 saturated carbocycles. The number of allylic oxidation sites excluding steroid dienone is 1. The van der Waals surface area contributed by atoms with Crippen molar-refractivity contribution in [3.8, 4) is 0 Å². The van der Waals surface area contributed by atoms with Gasteiger partial charge in [-0.3, -0.25) is 0 Å². The summed E-state index contributed by atoms with van der Waals surface area (Å²) in [6, 6.07) is 30.4. The van der Waals surface area contributed by atoms with Crippen molar-refractivity contribution in [2.45, 2.75) is 11.7 Å². The molecule has 0 radical (unpaired) electrons. The van der Waals surface area contributed by atoms with E-state index in [0.717, 1.165) is 6.42 Å². The van der Waals surface area contributed by atoms with Crippen LogP contribution >= 0.6 is 23.1 Å². The first-order valence-corrected chi connectivity index (χ1v) is 11.2. The number of hydrogen-bond donors (Lipinski definition) is 0. The summed E-state index contributed by atoms with van der Waals surface area (Å²) in [6.07, 6.45) is 3.49. The van der Waals surface area contributed by atoms with E-state index in [-0.39, 0.29) is 0 Å².